The number of hydrogen-bond acceptors (Lipinski definition) is 4. The number of carbonyl (C=O) groups is 1. The molecule has 1 saturated carbocycles. The quantitative estimate of drug-likeness (QED) is 0.741. The fraction of sp³-hybridized carbons (Fsp3) is 0.692. The van der Waals surface area contributed by atoms with Crippen molar-refractivity contribution in [2.75, 3.05) is 13.7 Å². The van der Waals surface area contributed by atoms with Crippen LogP contribution in [0.2, 0.25) is 0 Å². The molecule has 5 heteroatoms. The molecule has 5 nitrogen and oxygen atoms in total. The van der Waals surface area contributed by atoms with Crippen molar-refractivity contribution in [3.8, 4) is 0 Å². The molecular formula is C13H21N3O2. The Kier molecular flexibility index (Phi) is 4.36. The molecule has 0 bridgehead atoms. The van der Waals surface area contributed by atoms with E-state index < -0.39 is 0 Å². The predicted octanol–water partition coefficient (Wildman–Crippen LogP) is 1.34. The van der Waals surface area contributed by atoms with E-state index in [1.54, 1.807) is 6.33 Å². The number of methoxy groups -OCH3 is 1. The summed E-state index contributed by atoms with van der Waals surface area (Å²) >= 11 is 0. The van der Waals surface area contributed by atoms with Gasteiger partial charge in [-0.05, 0) is 12.8 Å². The largest absolute Gasteiger partial charge is 0.468 e. The smallest absolute Gasteiger partial charge is 0.319 e. The Morgan fingerprint density at radius 2 is 2.28 bits per heavy atom. The van der Waals surface area contributed by atoms with E-state index in [9.17, 15) is 4.79 Å². The van der Waals surface area contributed by atoms with Gasteiger partial charge in [0.05, 0.1) is 25.7 Å². The Bertz CT molecular complexity index is 397. The Morgan fingerprint density at radius 1 is 1.56 bits per heavy atom. The van der Waals surface area contributed by atoms with Crippen LogP contribution in [0, 0.1) is 0 Å². The molecule has 0 unspecified atom stereocenters. The summed E-state index contributed by atoms with van der Waals surface area (Å²) in [5, 5.41) is 0. The maximum atomic E-state index is 11.5. The molecule has 1 aliphatic carbocycles. The number of aryl methyl sites for hydroxylation is 1. The molecule has 1 heterocycles. The Morgan fingerprint density at radius 3 is 2.83 bits per heavy atom. The number of imidazole rings is 1. The molecule has 0 atom stereocenters. The van der Waals surface area contributed by atoms with Crippen LogP contribution in [-0.4, -0.2) is 40.1 Å². The van der Waals surface area contributed by atoms with Gasteiger partial charge in [-0.25, -0.2) is 4.98 Å². The summed E-state index contributed by atoms with van der Waals surface area (Å²) in [6.45, 7) is 1.13. The lowest BCUT2D eigenvalue weighted by molar-refractivity contribution is -0.142. The standard InChI is InChI=1S/C13H21N3O2/c1-15-10-14-7-12(15)8-16(9-13(17)18-2)11-5-3-4-6-11/h7,10-11H,3-6,8-9H2,1-2H3. The van der Waals surface area contributed by atoms with Crippen LogP contribution in [0.5, 0.6) is 0 Å². The van der Waals surface area contributed by atoms with Crippen molar-refractivity contribution in [2.45, 2.75) is 38.3 Å². The van der Waals surface area contributed by atoms with Crippen molar-refractivity contribution < 1.29 is 9.53 Å². The van der Waals surface area contributed by atoms with Crippen LogP contribution in [-0.2, 0) is 23.1 Å². The highest BCUT2D eigenvalue weighted by molar-refractivity contribution is 5.71. The van der Waals surface area contributed by atoms with Crippen molar-refractivity contribution in [2.24, 2.45) is 7.05 Å². The number of ether oxygens (including phenoxy) is 1. The maximum Gasteiger partial charge on any atom is 0.319 e. The fourth-order valence-electron chi connectivity index (χ4n) is 2.56. The van der Waals surface area contributed by atoms with Gasteiger partial charge in [0.15, 0.2) is 0 Å². The topological polar surface area (TPSA) is 47.4 Å². The second kappa shape index (κ2) is 6.00. The van der Waals surface area contributed by atoms with E-state index >= 15 is 0 Å². The predicted molar refractivity (Wildman–Crippen MR) is 67.9 cm³/mol. The summed E-state index contributed by atoms with van der Waals surface area (Å²) in [5.41, 5.74) is 1.13. The van der Waals surface area contributed by atoms with Crippen LogP contribution < -0.4 is 0 Å². The molecule has 0 radical (unpaired) electrons. The zero-order chi connectivity index (χ0) is 13.0. The van der Waals surface area contributed by atoms with E-state index in [1.807, 2.05) is 17.8 Å². The van der Waals surface area contributed by atoms with Gasteiger partial charge in [-0.1, -0.05) is 12.8 Å². The highest BCUT2D eigenvalue weighted by atomic mass is 16.5. The van der Waals surface area contributed by atoms with Crippen LogP contribution in [0.4, 0.5) is 0 Å². The molecule has 0 N–H and O–H groups in total. The summed E-state index contributed by atoms with van der Waals surface area (Å²) in [5.74, 6) is -0.163. The van der Waals surface area contributed by atoms with Crippen LogP contribution in [0.25, 0.3) is 0 Å². The second-order valence-corrected chi connectivity index (χ2v) is 4.92. The molecule has 18 heavy (non-hydrogen) atoms. The monoisotopic (exact) mass is 251 g/mol. The SMILES string of the molecule is COC(=O)CN(Cc1cncn1C)C1CCCC1. The number of hydrogen-bond donors (Lipinski definition) is 0. The fourth-order valence-corrected chi connectivity index (χ4v) is 2.56. The van der Waals surface area contributed by atoms with Crippen molar-refractivity contribution >= 4 is 5.97 Å². The summed E-state index contributed by atoms with van der Waals surface area (Å²) in [7, 11) is 3.42. The third-order valence-corrected chi connectivity index (χ3v) is 3.68. The number of rotatable bonds is 5. The molecule has 1 aromatic rings. The van der Waals surface area contributed by atoms with E-state index in [4.69, 9.17) is 4.74 Å². The molecule has 0 aromatic carbocycles. The third kappa shape index (κ3) is 3.10. The van der Waals surface area contributed by atoms with Gasteiger partial charge in [0.1, 0.15) is 0 Å². The zero-order valence-corrected chi connectivity index (χ0v) is 11.1. The zero-order valence-electron chi connectivity index (χ0n) is 11.1. The van der Waals surface area contributed by atoms with Gasteiger partial charge in [-0.2, -0.15) is 0 Å². The van der Waals surface area contributed by atoms with Crippen molar-refractivity contribution in [3.05, 3.63) is 18.2 Å². The summed E-state index contributed by atoms with van der Waals surface area (Å²) < 4.78 is 6.79. The van der Waals surface area contributed by atoms with Crippen LogP contribution in [0.15, 0.2) is 12.5 Å². The minimum absolute atomic E-state index is 0.163. The maximum absolute atomic E-state index is 11.5. The first-order chi connectivity index (χ1) is 8.70. The lowest BCUT2D eigenvalue weighted by Gasteiger charge is -2.27. The second-order valence-electron chi connectivity index (χ2n) is 4.92. The van der Waals surface area contributed by atoms with Gasteiger partial charge >= 0.3 is 5.97 Å². The van der Waals surface area contributed by atoms with E-state index in [-0.39, 0.29) is 5.97 Å². The molecule has 0 saturated heterocycles. The number of esters is 1. The highest BCUT2D eigenvalue weighted by Crippen LogP contribution is 2.24. The van der Waals surface area contributed by atoms with E-state index in [0.717, 1.165) is 12.2 Å². The summed E-state index contributed by atoms with van der Waals surface area (Å²) in [6.07, 6.45) is 8.52. The van der Waals surface area contributed by atoms with Crippen molar-refractivity contribution in [1.29, 1.82) is 0 Å². The van der Waals surface area contributed by atoms with E-state index in [0.29, 0.717) is 12.6 Å². The Labute approximate surface area is 108 Å². The average Bonchev–Trinajstić information content (AvgIpc) is 3.00. The van der Waals surface area contributed by atoms with Gasteiger partial charge in [-0.3, -0.25) is 9.69 Å². The van der Waals surface area contributed by atoms with Crippen molar-refractivity contribution in [1.82, 2.24) is 14.5 Å². The molecule has 100 valence electrons. The molecular weight excluding hydrogens is 230 g/mol. The number of nitrogens with zero attached hydrogens (tertiary/aromatic N) is 3. The van der Waals surface area contributed by atoms with Gasteiger partial charge in [0.25, 0.3) is 0 Å². The minimum atomic E-state index is -0.163. The van der Waals surface area contributed by atoms with Gasteiger partial charge < -0.3 is 9.30 Å². The molecule has 1 aliphatic rings. The molecule has 0 aliphatic heterocycles. The van der Waals surface area contributed by atoms with Crippen LogP contribution >= 0.6 is 0 Å². The summed E-state index contributed by atoms with van der Waals surface area (Å²) in [4.78, 5) is 17.8. The lowest BCUT2D eigenvalue weighted by atomic mass is 10.2. The van der Waals surface area contributed by atoms with Gasteiger partial charge in [-0.15, -0.1) is 0 Å². The summed E-state index contributed by atoms with van der Waals surface area (Å²) in [6, 6.07) is 0.499. The number of carbonyl (C=O) groups excluding carboxylic acids is 1. The Hall–Kier alpha value is -1.36. The van der Waals surface area contributed by atoms with Crippen LogP contribution in [0.1, 0.15) is 31.4 Å². The van der Waals surface area contributed by atoms with Crippen molar-refractivity contribution in [3.63, 3.8) is 0 Å². The van der Waals surface area contributed by atoms with E-state index in [1.165, 1.54) is 32.8 Å². The average molecular weight is 251 g/mol. The number of aromatic nitrogens is 2. The van der Waals surface area contributed by atoms with Crippen LogP contribution in [0.3, 0.4) is 0 Å². The molecule has 2 rings (SSSR count). The Balaban J connectivity index is 2.04. The molecule has 0 amide bonds. The normalized spacial score (nSPS) is 16.4. The van der Waals surface area contributed by atoms with E-state index in [2.05, 4.69) is 9.88 Å². The molecule has 1 aromatic heterocycles. The first-order valence-corrected chi connectivity index (χ1v) is 6.46. The highest BCUT2D eigenvalue weighted by Gasteiger charge is 2.25. The minimum Gasteiger partial charge on any atom is -0.468 e. The molecule has 0 spiro atoms. The molecule has 1 fully saturated rings. The third-order valence-electron chi connectivity index (χ3n) is 3.68. The van der Waals surface area contributed by atoms with Gasteiger partial charge in [0.2, 0.25) is 0 Å². The lowest BCUT2D eigenvalue weighted by Crippen LogP contribution is -2.37. The first kappa shape index (κ1) is 13.1. The first-order valence-electron chi connectivity index (χ1n) is 6.46. The van der Waals surface area contributed by atoms with Gasteiger partial charge in [0, 0.05) is 25.8 Å².